The molecule has 3 rings (SSSR count). The highest BCUT2D eigenvalue weighted by Gasteiger charge is 2.23. The summed E-state index contributed by atoms with van der Waals surface area (Å²) in [6, 6.07) is 8.55. The van der Waals surface area contributed by atoms with Crippen LogP contribution in [0.25, 0.3) is 11.0 Å². The molecule has 1 aromatic carbocycles. The first-order valence-electron chi connectivity index (χ1n) is 7.01. The maximum absolute atomic E-state index is 11.8. The Hall–Kier alpha value is -1.84. The van der Waals surface area contributed by atoms with Crippen molar-refractivity contribution in [3.8, 4) is 0 Å². The Labute approximate surface area is 112 Å². The van der Waals surface area contributed by atoms with Gasteiger partial charge in [0.2, 0.25) is 5.91 Å². The van der Waals surface area contributed by atoms with Crippen LogP contribution in [-0.2, 0) is 17.8 Å². The van der Waals surface area contributed by atoms with Gasteiger partial charge in [0.25, 0.3) is 0 Å². The monoisotopic (exact) mass is 257 g/mol. The minimum atomic E-state index is 0.155. The van der Waals surface area contributed by atoms with Gasteiger partial charge in [-0.1, -0.05) is 19.1 Å². The van der Waals surface area contributed by atoms with E-state index in [-0.39, 0.29) is 5.91 Å². The van der Waals surface area contributed by atoms with Crippen LogP contribution in [-0.4, -0.2) is 21.5 Å². The molecule has 4 nitrogen and oxygen atoms in total. The lowest BCUT2D eigenvalue weighted by molar-refractivity contribution is -0.121. The van der Waals surface area contributed by atoms with Crippen molar-refractivity contribution in [3.05, 3.63) is 30.1 Å². The summed E-state index contributed by atoms with van der Waals surface area (Å²) < 4.78 is 2.17. The maximum Gasteiger partial charge on any atom is 0.222 e. The van der Waals surface area contributed by atoms with Crippen molar-refractivity contribution in [2.45, 2.75) is 45.2 Å². The fourth-order valence-corrected chi connectivity index (χ4v) is 2.39. The van der Waals surface area contributed by atoms with Crippen molar-refractivity contribution in [2.75, 3.05) is 0 Å². The standard InChI is InChI=1S/C15H19N3O/c1-2-14-17-12-5-3-4-6-13(12)18(14)10-9-15(19)16-11-7-8-11/h3-6,11H,2,7-10H2,1H3,(H,16,19). The van der Waals surface area contributed by atoms with E-state index in [0.717, 1.165) is 36.1 Å². The number of nitrogens with one attached hydrogen (secondary N) is 1. The second-order valence-corrected chi connectivity index (χ2v) is 5.11. The number of hydrogen-bond acceptors (Lipinski definition) is 2. The smallest absolute Gasteiger partial charge is 0.222 e. The van der Waals surface area contributed by atoms with Crippen LogP contribution in [0.5, 0.6) is 0 Å². The Morgan fingerprint density at radius 3 is 2.95 bits per heavy atom. The summed E-state index contributed by atoms with van der Waals surface area (Å²) >= 11 is 0. The molecule has 0 aliphatic heterocycles. The second kappa shape index (κ2) is 5.03. The Kier molecular flexibility index (Phi) is 3.23. The number of carbonyl (C=O) groups is 1. The van der Waals surface area contributed by atoms with Gasteiger partial charge in [0.15, 0.2) is 0 Å². The normalized spacial score (nSPS) is 14.8. The molecule has 1 saturated carbocycles. The van der Waals surface area contributed by atoms with Crippen molar-refractivity contribution in [2.24, 2.45) is 0 Å². The summed E-state index contributed by atoms with van der Waals surface area (Å²) in [6.07, 6.45) is 3.70. The van der Waals surface area contributed by atoms with Crippen LogP contribution in [0.3, 0.4) is 0 Å². The summed E-state index contributed by atoms with van der Waals surface area (Å²) in [5.74, 6) is 1.21. The van der Waals surface area contributed by atoms with Gasteiger partial charge < -0.3 is 9.88 Å². The van der Waals surface area contributed by atoms with Crippen molar-refractivity contribution in [1.29, 1.82) is 0 Å². The number of imidazole rings is 1. The zero-order valence-electron chi connectivity index (χ0n) is 11.2. The van der Waals surface area contributed by atoms with Crippen LogP contribution in [0.1, 0.15) is 32.0 Å². The van der Waals surface area contributed by atoms with Gasteiger partial charge in [-0.2, -0.15) is 0 Å². The van der Waals surface area contributed by atoms with E-state index in [1.807, 2.05) is 18.2 Å². The number of aromatic nitrogens is 2. The zero-order valence-corrected chi connectivity index (χ0v) is 11.2. The van der Waals surface area contributed by atoms with Crippen LogP contribution in [0.4, 0.5) is 0 Å². The molecule has 1 fully saturated rings. The predicted octanol–water partition coefficient (Wildman–Crippen LogP) is 2.27. The van der Waals surface area contributed by atoms with Crippen LogP contribution in [0.2, 0.25) is 0 Å². The molecule has 4 heteroatoms. The lowest BCUT2D eigenvalue weighted by Gasteiger charge is -2.08. The summed E-state index contributed by atoms with van der Waals surface area (Å²) in [7, 11) is 0. The molecule has 1 aromatic heterocycles. The number of aryl methyl sites for hydroxylation is 2. The molecule has 1 aliphatic rings. The SMILES string of the molecule is CCc1nc2ccccc2n1CCC(=O)NC1CC1. The van der Waals surface area contributed by atoms with Crippen LogP contribution in [0.15, 0.2) is 24.3 Å². The van der Waals surface area contributed by atoms with Crippen molar-refractivity contribution in [1.82, 2.24) is 14.9 Å². The molecule has 0 spiro atoms. The molecule has 1 amide bonds. The number of fused-ring (bicyclic) bond motifs is 1. The van der Waals surface area contributed by atoms with E-state index in [1.165, 1.54) is 0 Å². The number of para-hydroxylation sites is 2. The fraction of sp³-hybridized carbons (Fsp3) is 0.467. The number of rotatable bonds is 5. The molecule has 0 radical (unpaired) electrons. The Morgan fingerprint density at radius 1 is 1.42 bits per heavy atom. The highest BCUT2D eigenvalue weighted by atomic mass is 16.1. The maximum atomic E-state index is 11.8. The van der Waals surface area contributed by atoms with Gasteiger partial charge in [0.05, 0.1) is 11.0 Å². The van der Waals surface area contributed by atoms with E-state index in [1.54, 1.807) is 0 Å². The average Bonchev–Trinajstić information content (AvgIpc) is 3.15. The lowest BCUT2D eigenvalue weighted by atomic mass is 10.3. The third kappa shape index (κ3) is 2.62. The van der Waals surface area contributed by atoms with E-state index >= 15 is 0 Å². The number of nitrogens with zero attached hydrogens (tertiary/aromatic N) is 2. The Morgan fingerprint density at radius 2 is 2.21 bits per heavy atom. The van der Waals surface area contributed by atoms with Gasteiger partial charge in [0.1, 0.15) is 5.82 Å². The first-order chi connectivity index (χ1) is 9.28. The highest BCUT2D eigenvalue weighted by Crippen LogP contribution is 2.19. The first kappa shape index (κ1) is 12.2. The molecule has 0 atom stereocenters. The van der Waals surface area contributed by atoms with E-state index in [0.29, 0.717) is 19.0 Å². The van der Waals surface area contributed by atoms with Gasteiger partial charge in [-0.3, -0.25) is 4.79 Å². The molecule has 2 aromatic rings. The molecule has 0 saturated heterocycles. The van der Waals surface area contributed by atoms with E-state index in [4.69, 9.17) is 0 Å². The minimum absolute atomic E-state index is 0.155. The van der Waals surface area contributed by atoms with Crippen molar-refractivity contribution >= 4 is 16.9 Å². The third-order valence-corrected chi connectivity index (χ3v) is 3.55. The highest BCUT2D eigenvalue weighted by molar-refractivity contribution is 5.78. The summed E-state index contributed by atoms with van der Waals surface area (Å²) in [5.41, 5.74) is 2.14. The van der Waals surface area contributed by atoms with Crippen LogP contribution in [0, 0.1) is 0 Å². The quantitative estimate of drug-likeness (QED) is 0.893. The molecular weight excluding hydrogens is 238 g/mol. The van der Waals surface area contributed by atoms with Crippen LogP contribution >= 0.6 is 0 Å². The molecule has 100 valence electrons. The predicted molar refractivity (Wildman–Crippen MR) is 74.9 cm³/mol. The zero-order chi connectivity index (χ0) is 13.2. The molecule has 1 aliphatic carbocycles. The van der Waals surface area contributed by atoms with Gasteiger partial charge in [-0.25, -0.2) is 4.98 Å². The Balaban J connectivity index is 1.76. The summed E-state index contributed by atoms with van der Waals surface area (Å²) in [5, 5.41) is 3.03. The number of hydrogen-bond donors (Lipinski definition) is 1. The molecule has 1 heterocycles. The number of benzene rings is 1. The molecular formula is C15H19N3O. The van der Waals surface area contributed by atoms with Crippen LogP contribution < -0.4 is 5.32 Å². The second-order valence-electron chi connectivity index (χ2n) is 5.11. The minimum Gasteiger partial charge on any atom is -0.353 e. The molecule has 1 N–H and O–H groups in total. The largest absolute Gasteiger partial charge is 0.353 e. The number of carbonyl (C=O) groups excluding carboxylic acids is 1. The topological polar surface area (TPSA) is 46.9 Å². The van der Waals surface area contributed by atoms with Gasteiger partial charge in [0, 0.05) is 25.4 Å². The lowest BCUT2D eigenvalue weighted by Crippen LogP contribution is -2.26. The first-order valence-corrected chi connectivity index (χ1v) is 7.01. The third-order valence-electron chi connectivity index (χ3n) is 3.55. The Bertz CT molecular complexity index is 598. The van der Waals surface area contributed by atoms with E-state index in [2.05, 4.69) is 27.9 Å². The molecule has 19 heavy (non-hydrogen) atoms. The number of amides is 1. The summed E-state index contributed by atoms with van der Waals surface area (Å²) in [6.45, 7) is 2.81. The van der Waals surface area contributed by atoms with Gasteiger partial charge in [-0.15, -0.1) is 0 Å². The van der Waals surface area contributed by atoms with E-state index in [9.17, 15) is 4.79 Å². The fourth-order valence-electron chi connectivity index (χ4n) is 2.39. The van der Waals surface area contributed by atoms with E-state index < -0.39 is 0 Å². The molecule has 0 unspecified atom stereocenters. The van der Waals surface area contributed by atoms with Crippen molar-refractivity contribution in [3.63, 3.8) is 0 Å². The summed E-state index contributed by atoms with van der Waals surface area (Å²) in [4.78, 5) is 16.4. The van der Waals surface area contributed by atoms with Gasteiger partial charge in [-0.05, 0) is 25.0 Å². The average molecular weight is 257 g/mol. The molecule has 0 bridgehead atoms. The van der Waals surface area contributed by atoms with Crippen molar-refractivity contribution < 1.29 is 4.79 Å². The van der Waals surface area contributed by atoms with Gasteiger partial charge >= 0.3 is 0 Å².